The van der Waals surface area contributed by atoms with Crippen molar-refractivity contribution in [2.45, 2.75) is 168 Å². The van der Waals surface area contributed by atoms with E-state index in [1.165, 1.54) is 20.4 Å². The number of carboxylic acids is 3. The highest BCUT2D eigenvalue weighted by atomic mass is 33.1. The Balaban J connectivity index is 0.772. The van der Waals surface area contributed by atoms with Gasteiger partial charge in [0.05, 0.1) is 51.1 Å². The predicted octanol–water partition coefficient (Wildman–Crippen LogP) is -1.84. The summed E-state index contributed by atoms with van der Waals surface area (Å²) in [6, 6.07) is 4.91. The fourth-order valence-corrected chi connectivity index (χ4v) is 19.4. The SMILES string of the molecule is CC[C@]1(O)CC2CN(CCc3c([nH]c4ccccc34)[C@@](C(=O)OC)(c3cc4c(cc3OC)N(C)[C@H]3[C@@](O)(C(=O)NNC(=O)OCCSSC[C@H](NC(=O)[C@H](Cc5cn(CCO[C@H]6OC(C(=O)O)C(O)[C@H](O)C6O)nn5)NC(=O)[C@H](CC(=O)O)NC(C)=O)C(=O)O)[C@H](O)[C@]5(CC)C=CCN6CC[C@]43[C@@H]65)C2)C1. The van der Waals surface area contributed by atoms with Gasteiger partial charge in [0.2, 0.25) is 17.7 Å². The number of nitrogens with one attached hydrogen (secondary N) is 6. The van der Waals surface area contributed by atoms with Crippen LogP contribution >= 0.6 is 21.6 Å². The Bertz CT molecular complexity index is 4000. The Labute approximate surface area is 609 Å². The highest BCUT2D eigenvalue weighted by molar-refractivity contribution is 8.76. The van der Waals surface area contributed by atoms with Gasteiger partial charge in [0.1, 0.15) is 60.3 Å². The summed E-state index contributed by atoms with van der Waals surface area (Å²) in [6.45, 7) is 6.69. The molecule has 2 bridgehead atoms. The second-order valence-electron chi connectivity index (χ2n) is 28.0. The topological polar surface area (TPSA) is 498 Å². The van der Waals surface area contributed by atoms with Gasteiger partial charge in [-0.3, -0.25) is 44.0 Å². The molecule has 11 rings (SSSR count). The number of carbonyl (C=O) groups is 9. The van der Waals surface area contributed by atoms with Crippen molar-refractivity contribution in [2.24, 2.45) is 11.3 Å². The normalized spacial score (nSPS) is 31.0. The van der Waals surface area contributed by atoms with E-state index in [0.29, 0.717) is 86.7 Å². The van der Waals surface area contributed by atoms with Crippen LogP contribution < -0.4 is 36.4 Å². The molecule has 2 aromatic carbocycles. The van der Waals surface area contributed by atoms with E-state index < -0.39 is 161 Å². The zero-order valence-corrected chi connectivity index (χ0v) is 60.2. The van der Waals surface area contributed by atoms with Gasteiger partial charge < -0.3 is 95.5 Å². The lowest BCUT2D eigenvalue weighted by Crippen LogP contribution is -2.82. The van der Waals surface area contributed by atoms with Crippen LogP contribution in [0.5, 0.6) is 5.75 Å². The molecule has 1 spiro atoms. The van der Waals surface area contributed by atoms with E-state index in [2.05, 4.69) is 51.9 Å². The molecule has 35 nitrogen and oxygen atoms in total. The number of fused-ring (bicyclic) bond motifs is 6. The van der Waals surface area contributed by atoms with Gasteiger partial charge in [-0.15, -0.1) is 5.10 Å². The van der Waals surface area contributed by atoms with Gasteiger partial charge in [-0.05, 0) is 74.2 Å². The highest BCUT2D eigenvalue weighted by Crippen LogP contribution is 2.68. The van der Waals surface area contributed by atoms with E-state index in [9.17, 15) is 79.5 Å². The number of para-hydroxylation sites is 1. The Morgan fingerprint density at radius 2 is 1.59 bits per heavy atom. The molecule has 2 aromatic heterocycles. The molecule has 0 radical (unpaired) electrons. The Morgan fingerprint density at radius 3 is 2.29 bits per heavy atom. The number of hydrogen-bond donors (Lipinski definition) is 15. The number of hydrogen-bond acceptors (Lipinski definition) is 27. The molecule has 4 fully saturated rings. The molecule has 572 valence electrons. The molecular formula is C68H90N12O23S2. The average molecular weight is 1510 g/mol. The number of carbonyl (C=O) groups excluding carboxylic acids is 6. The molecule has 37 heteroatoms. The lowest BCUT2D eigenvalue weighted by molar-refractivity contribution is -0.294. The number of aromatic nitrogens is 4. The van der Waals surface area contributed by atoms with Crippen LogP contribution in [-0.4, -0.2) is 286 Å². The molecule has 105 heavy (non-hydrogen) atoms. The molecule has 8 heterocycles. The molecule has 1 aliphatic carbocycles. The first-order valence-corrected chi connectivity index (χ1v) is 37.1. The van der Waals surface area contributed by atoms with Crippen molar-refractivity contribution in [3.8, 4) is 5.75 Å². The number of aliphatic carboxylic acids is 3. The number of H-pyrrole nitrogens is 1. The van der Waals surface area contributed by atoms with E-state index in [4.69, 9.17) is 23.7 Å². The molecule has 5 amide bonds. The maximum absolute atomic E-state index is 15.6. The summed E-state index contributed by atoms with van der Waals surface area (Å²) >= 11 is 0. The van der Waals surface area contributed by atoms with Crippen molar-refractivity contribution < 1.29 is 113 Å². The number of piperidine rings is 1. The van der Waals surface area contributed by atoms with Crippen molar-refractivity contribution in [3.05, 3.63) is 82.8 Å². The number of aliphatic hydroxyl groups excluding tert-OH is 4. The fraction of sp³-hybridized carbons (Fsp3) is 0.603. The number of amides is 5. The first-order valence-electron chi connectivity index (χ1n) is 34.6. The summed E-state index contributed by atoms with van der Waals surface area (Å²) in [5, 5.41) is 114. The van der Waals surface area contributed by atoms with E-state index >= 15 is 9.59 Å². The number of nitrogens with zero attached hydrogens (tertiary/aromatic N) is 6. The second-order valence-corrected chi connectivity index (χ2v) is 30.7. The molecule has 7 aliphatic rings. The standard InChI is InChI=1S/C68H90N12O23S2/c1-7-64(97)28-35-29-67(62(95)100-6,52-38(14-18-78(30-35)33-64)37-12-9-10-13-41(37)70-52)40-25-39-45(27-46(40)99-5)77(4)59-66(39)16-19-79-17-11-15-65(8-2,58(66)79)60(93)68(59,98)61(94)74-75-63(96)102-22-23-104-105-32-44(55(89)90)72-53(87)42(71-54(88)43(26-47(82)83)69-34(3)81)24-36-31-80(76-73-36)20-21-101-57-50(86)48(84)49(85)51(103-57)56(91)92/h9-13,15,25,27,31,35,42-44,48-51,57-60,70,84-86,93,97-98H,7-8,14,16-24,26,28-30,32-33H2,1-6H3,(H,69,81)(H,71,88)(H,72,87)(H,74,94)(H,75,96)(H,82,83)(H,89,90)(H,91,92)/t35?,42-,43-,44-,48-,49?,50?,51?,57-,58-,59+,60+,64-,65+,66+,67-,68-/m0/s1. The lowest BCUT2D eigenvalue weighted by Gasteiger charge is -2.63. The van der Waals surface area contributed by atoms with Gasteiger partial charge in [0.15, 0.2) is 18.0 Å². The molecule has 5 unspecified atom stereocenters. The van der Waals surface area contributed by atoms with Crippen molar-refractivity contribution in [2.75, 3.05) is 83.6 Å². The fourth-order valence-electron chi connectivity index (χ4n) is 17.4. The maximum atomic E-state index is 15.6. The Kier molecular flexibility index (Phi) is 23.2. The van der Waals surface area contributed by atoms with Gasteiger partial charge in [0, 0.05) is 115 Å². The number of anilines is 1. The average Bonchev–Trinajstić information content (AvgIpc) is 1.49. The molecule has 6 aliphatic heterocycles. The monoisotopic (exact) mass is 1510 g/mol. The van der Waals surface area contributed by atoms with Crippen LogP contribution in [-0.2, 0) is 87.5 Å². The van der Waals surface area contributed by atoms with Gasteiger partial charge in [-0.2, -0.15) is 0 Å². The Hall–Kier alpha value is -8.21. The smallest absolute Gasteiger partial charge is 0.426 e. The first kappa shape index (κ1) is 77.9. The number of aliphatic hydroxyl groups is 6. The summed E-state index contributed by atoms with van der Waals surface area (Å²) in [4.78, 5) is 130. The summed E-state index contributed by atoms with van der Waals surface area (Å²) in [5.74, 6) is -9.60. The van der Waals surface area contributed by atoms with E-state index in [1.807, 2.05) is 62.4 Å². The number of likely N-dealkylation sites (N-methyl/N-ethyl adjacent to an activating group) is 1. The van der Waals surface area contributed by atoms with Crippen LogP contribution in [0.1, 0.15) is 87.4 Å². The maximum Gasteiger partial charge on any atom is 0.426 e. The number of hydrazine groups is 1. The van der Waals surface area contributed by atoms with Crippen LogP contribution in [0, 0.1) is 11.3 Å². The van der Waals surface area contributed by atoms with E-state index in [1.54, 1.807) is 11.9 Å². The Morgan fingerprint density at radius 1 is 0.848 bits per heavy atom. The zero-order chi connectivity index (χ0) is 75.8. The number of benzene rings is 2. The highest BCUT2D eigenvalue weighted by Gasteiger charge is 2.79. The molecule has 4 aromatic rings. The molecule has 15 N–H and O–H groups in total. The number of esters is 1. The third-order valence-electron chi connectivity index (χ3n) is 21.9. The second kappa shape index (κ2) is 31.3. The zero-order valence-electron chi connectivity index (χ0n) is 58.6. The van der Waals surface area contributed by atoms with E-state index in [-0.39, 0.29) is 55.7 Å². The first-order chi connectivity index (χ1) is 49.9. The number of aromatic amines is 1. The van der Waals surface area contributed by atoms with Crippen molar-refractivity contribution >= 4 is 91.8 Å². The summed E-state index contributed by atoms with van der Waals surface area (Å²) < 4.78 is 29.5. The van der Waals surface area contributed by atoms with Crippen LogP contribution in [0.25, 0.3) is 10.9 Å². The molecule has 1 saturated carbocycles. The van der Waals surface area contributed by atoms with Crippen LogP contribution in [0.4, 0.5) is 10.5 Å². The van der Waals surface area contributed by atoms with Crippen molar-refractivity contribution in [1.82, 2.24) is 56.6 Å². The van der Waals surface area contributed by atoms with Crippen LogP contribution in [0.15, 0.2) is 54.7 Å². The molecule has 18 atom stereocenters. The van der Waals surface area contributed by atoms with Crippen molar-refractivity contribution in [3.63, 3.8) is 0 Å². The van der Waals surface area contributed by atoms with Crippen LogP contribution in [0.3, 0.4) is 0 Å². The number of rotatable bonds is 27. The third kappa shape index (κ3) is 14.5. The van der Waals surface area contributed by atoms with Crippen molar-refractivity contribution in [1.29, 1.82) is 0 Å². The largest absolute Gasteiger partial charge is 0.496 e. The molecular weight excluding hydrogens is 1420 g/mol. The number of methoxy groups -OCH3 is 2. The predicted molar refractivity (Wildman–Crippen MR) is 372 cm³/mol. The number of carboxylic acid groups (broad SMARTS) is 3. The quantitative estimate of drug-likeness (QED) is 0.0103. The van der Waals surface area contributed by atoms with Gasteiger partial charge >= 0.3 is 30.0 Å². The minimum absolute atomic E-state index is 0.000283. The van der Waals surface area contributed by atoms with Gasteiger partial charge in [-0.25, -0.2) is 24.5 Å². The molecule has 3 saturated heterocycles. The lowest BCUT2D eigenvalue weighted by atomic mass is 9.47. The summed E-state index contributed by atoms with van der Waals surface area (Å²) in [7, 11) is 6.55. The third-order valence-corrected chi connectivity index (χ3v) is 24.3. The minimum Gasteiger partial charge on any atom is -0.496 e. The summed E-state index contributed by atoms with van der Waals surface area (Å²) in [5.41, 5.74) is 0.930. The van der Waals surface area contributed by atoms with Crippen LogP contribution in [0.2, 0.25) is 0 Å². The van der Waals surface area contributed by atoms with Gasteiger partial charge in [0.25, 0.3) is 5.91 Å². The minimum atomic E-state index is -2.70. The summed E-state index contributed by atoms with van der Waals surface area (Å²) in [6.07, 6.45) is -6.39. The van der Waals surface area contributed by atoms with E-state index in [0.717, 1.165) is 49.7 Å². The number of ether oxygens (including phenoxy) is 5. The van der Waals surface area contributed by atoms with Gasteiger partial charge in [-0.1, -0.05) is 71.0 Å².